The van der Waals surface area contributed by atoms with Crippen molar-refractivity contribution in [1.29, 1.82) is 0 Å². The molecule has 0 aliphatic carbocycles. The molecule has 0 atom stereocenters. The summed E-state index contributed by atoms with van der Waals surface area (Å²) < 4.78 is 0. The standard InChI is InChI=1S/Cu.In.2Se/q+1;+3;2*-2. The van der Waals surface area contributed by atoms with Crippen LogP contribution in [0.1, 0.15) is 0 Å². The Hall–Kier alpha value is 2.43. The van der Waals surface area contributed by atoms with Crippen LogP contribution in [-0.2, 0) is 17.1 Å². The number of hydrogen-bond donors (Lipinski definition) is 0. The maximum atomic E-state index is 0. The Morgan fingerprint density at radius 3 is 0.750 bits per heavy atom. The molecule has 0 N–H and O–H groups in total. The van der Waals surface area contributed by atoms with Crippen molar-refractivity contribution in [2.45, 2.75) is 0 Å². The summed E-state index contributed by atoms with van der Waals surface area (Å²) in [5, 5.41) is 0. The summed E-state index contributed by atoms with van der Waals surface area (Å²) in [6, 6.07) is 0. The van der Waals surface area contributed by atoms with E-state index in [1.54, 1.807) is 0 Å². The van der Waals surface area contributed by atoms with Crippen LogP contribution in [0.4, 0.5) is 0 Å². The predicted octanol–water partition coefficient (Wildman–Crippen LogP) is -1.14. The van der Waals surface area contributed by atoms with E-state index in [-0.39, 0.29) is 77.0 Å². The number of rotatable bonds is 0. The first-order chi connectivity index (χ1) is 0. The fourth-order valence-corrected chi connectivity index (χ4v) is 0. The van der Waals surface area contributed by atoms with E-state index >= 15 is 0 Å². The molecule has 0 saturated heterocycles. The number of hydrogen-bond acceptors (Lipinski definition) is 0. The first-order valence-electron chi connectivity index (χ1n) is 0. The summed E-state index contributed by atoms with van der Waals surface area (Å²) in [5.41, 5.74) is 0. The van der Waals surface area contributed by atoms with Gasteiger partial charge in [-0.1, -0.05) is 0 Å². The molecule has 0 aromatic heterocycles. The minimum atomic E-state index is 0. The van der Waals surface area contributed by atoms with Crippen molar-refractivity contribution >= 4 is 60.0 Å². The van der Waals surface area contributed by atoms with Crippen LogP contribution in [0.3, 0.4) is 0 Å². The SMILES string of the molecule is [Cu+].[In+3].[Se-2].[Se-2]. The molecule has 0 radical (unpaired) electrons. The van der Waals surface area contributed by atoms with Gasteiger partial charge in [-0.25, -0.2) is 0 Å². The fraction of sp³-hybridized carbons (Fsp3) is 0. The van der Waals surface area contributed by atoms with Gasteiger partial charge in [0.25, 0.3) is 0 Å². The molecule has 0 aliphatic heterocycles. The molecule has 0 aromatic rings. The first-order valence-corrected chi connectivity index (χ1v) is 0. The minimum Gasteiger partial charge on any atom is -2.00 e. The molecule has 0 unspecified atom stereocenters. The quantitative estimate of drug-likeness (QED) is 0.491. The van der Waals surface area contributed by atoms with Gasteiger partial charge in [0.2, 0.25) is 0 Å². The van der Waals surface area contributed by atoms with Gasteiger partial charge in [-0.2, -0.15) is 0 Å². The van der Waals surface area contributed by atoms with E-state index in [4.69, 9.17) is 0 Å². The zero-order valence-corrected chi connectivity index (χ0v) is 9.36. The van der Waals surface area contributed by atoms with Gasteiger partial charge < -0.3 is 34.1 Å². The van der Waals surface area contributed by atoms with Crippen LogP contribution in [0.25, 0.3) is 0 Å². The normalized spacial score (nSPS) is 0. The van der Waals surface area contributed by atoms with Crippen molar-refractivity contribution in [1.82, 2.24) is 0 Å². The van der Waals surface area contributed by atoms with Crippen LogP contribution in [0.2, 0.25) is 0 Å². The van der Waals surface area contributed by atoms with E-state index in [9.17, 15) is 0 Å². The Morgan fingerprint density at radius 1 is 0.750 bits per heavy atom. The van der Waals surface area contributed by atoms with Crippen LogP contribution in [0.15, 0.2) is 0 Å². The van der Waals surface area contributed by atoms with Crippen LogP contribution in [0.5, 0.6) is 0 Å². The average Bonchev–Trinajstić information content (AvgIpc) is 0. The minimum absolute atomic E-state index is 0. The van der Waals surface area contributed by atoms with E-state index < -0.39 is 0 Å². The third kappa shape index (κ3) is 8.83. The Morgan fingerprint density at radius 2 is 0.750 bits per heavy atom. The Balaban J connectivity index is 0. The molecular formula is CuInSe2. The molecule has 0 bridgehead atoms. The fourth-order valence-electron chi connectivity index (χ4n) is 0. The molecular weight excluding hydrogens is 336 g/mol. The topological polar surface area (TPSA) is 0 Å². The van der Waals surface area contributed by atoms with Gasteiger partial charge in [0, 0.05) is 0 Å². The second-order valence-electron chi connectivity index (χ2n) is 0. The summed E-state index contributed by atoms with van der Waals surface area (Å²) in [6.07, 6.45) is 0. The van der Waals surface area contributed by atoms with Crippen LogP contribution in [-0.4, -0.2) is 60.0 Å². The summed E-state index contributed by atoms with van der Waals surface area (Å²) in [4.78, 5) is 0. The second kappa shape index (κ2) is 18.1. The maximum Gasteiger partial charge on any atom is 3.00 e. The predicted molar refractivity (Wildman–Crippen MR) is 17.3 cm³/mol. The molecule has 0 nitrogen and oxygen atoms in total. The van der Waals surface area contributed by atoms with E-state index in [2.05, 4.69) is 0 Å². The largest absolute Gasteiger partial charge is 3.00 e. The third-order valence-electron chi connectivity index (χ3n) is 0. The Bertz CT molecular complexity index is 6.00. The van der Waals surface area contributed by atoms with Crippen molar-refractivity contribution in [3.8, 4) is 0 Å². The van der Waals surface area contributed by atoms with E-state index in [0.29, 0.717) is 0 Å². The van der Waals surface area contributed by atoms with Crippen molar-refractivity contribution in [2.24, 2.45) is 0 Å². The molecule has 4 heavy (non-hydrogen) atoms. The molecule has 0 rings (SSSR count). The molecule has 0 saturated carbocycles. The summed E-state index contributed by atoms with van der Waals surface area (Å²) in [5.74, 6) is 0. The van der Waals surface area contributed by atoms with E-state index in [1.807, 2.05) is 0 Å². The zero-order chi connectivity index (χ0) is 0. The van der Waals surface area contributed by atoms with Gasteiger partial charge >= 0.3 is 42.9 Å². The maximum absolute atomic E-state index is 0. The monoisotopic (exact) mass is 338 g/mol. The van der Waals surface area contributed by atoms with Crippen molar-refractivity contribution in [3.05, 3.63) is 0 Å². The molecule has 0 spiro atoms. The van der Waals surface area contributed by atoms with Crippen molar-refractivity contribution < 1.29 is 17.1 Å². The molecule has 0 fully saturated rings. The van der Waals surface area contributed by atoms with Crippen molar-refractivity contribution in [2.75, 3.05) is 0 Å². The summed E-state index contributed by atoms with van der Waals surface area (Å²) in [7, 11) is 0. The summed E-state index contributed by atoms with van der Waals surface area (Å²) in [6.45, 7) is 0. The third-order valence-corrected chi connectivity index (χ3v) is 0. The second-order valence-corrected chi connectivity index (χ2v) is 0. The van der Waals surface area contributed by atoms with Crippen LogP contribution >= 0.6 is 0 Å². The molecule has 26 valence electrons. The van der Waals surface area contributed by atoms with Crippen molar-refractivity contribution in [3.63, 3.8) is 0 Å². The smallest absolute Gasteiger partial charge is 2.00 e. The van der Waals surface area contributed by atoms with Gasteiger partial charge in [-0.05, 0) is 0 Å². The van der Waals surface area contributed by atoms with Gasteiger partial charge in [0.05, 0.1) is 0 Å². The first kappa shape index (κ1) is 32.1. The molecule has 4 heteroatoms. The molecule has 0 amide bonds. The van der Waals surface area contributed by atoms with E-state index in [1.165, 1.54) is 0 Å². The zero-order valence-electron chi connectivity index (χ0n) is 1.70. The van der Waals surface area contributed by atoms with Gasteiger partial charge in [0.1, 0.15) is 0 Å². The van der Waals surface area contributed by atoms with Gasteiger partial charge in [-0.15, -0.1) is 0 Å². The van der Waals surface area contributed by atoms with Crippen LogP contribution in [0, 0.1) is 0 Å². The van der Waals surface area contributed by atoms with Crippen LogP contribution < -0.4 is 0 Å². The summed E-state index contributed by atoms with van der Waals surface area (Å²) >= 11 is 0. The Labute approximate surface area is 76.1 Å². The average molecular weight is 336 g/mol. The van der Waals surface area contributed by atoms with Gasteiger partial charge in [-0.3, -0.25) is 0 Å². The Kier molecular flexibility index (Phi) is 145. The molecule has 0 aromatic carbocycles. The molecule has 0 aliphatic rings. The molecule has 0 heterocycles. The van der Waals surface area contributed by atoms with E-state index in [0.717, 1.165) is 0 Å². The van der Waals surface area contributed by atoms with Gasteiger partial charge in [0.15, 0.2) is 0 Å².